The van der Waals surface area contributed by atoms with Crippen molar-refractivity contribution in [3.63, 3.8) is 0 Å². The van der Waals surface area contributed by atoms with Crippen molar-refractivity contribution in [1.29, 1.82) is 0 Å². The first-order chi connectivity index (χ1) is 9.05. The quantitative estimate of drug-likeness (QED) is 0.564. The van der Waals surface area contributed by atoms with E-state index in [2.05, 4.69) is 0 Å². The van der Waals surface area contributed by atoms with Crippen molar-refractivity contribution >= 4 is 0 Å². The van der Waals surface area contributed by atoms with Gasteiger partial charge in [0, 0.05) is 5.92 Å². The second-order valence-corrected chi connectivity index (χ2v) is 6.48. The lowest BCUT2D eigenvalue weighted by molar-refractivity contribution is -0.383. The van der Waals surface area contributed by atoms with E-state index in [0.29, 0.717) is 0 Å². The molecule has 0 radical (unpaired) electrons. The molecule has 0 saturated carbocycles. The van der Waals surface area contributed by atoms with Gasteiger partial charge in [0.1, 0.15) is 0 Å². The van der Waals surface area contributed by atoms with E-state index in [0.717, 1.165) is 6.92 Å². The Bertz CT molecular complexity index is 347. The number of alkyl halides is 6. The van der Waals surface area contributed by atoms with Crippen LogP contribution in [0.3, 0.4) is 0 Å². The van der Waals surface area contributed by atoms with E-state index in [-0.39, 0.29) is 11.3 Å². The van der Waals surface area contributed by atoms with Crippen LogP contribution >= 0.6 is 0 Å². The molecule has 0 rings (SSSR count). The summed E-state index contributed by atoms with van der Waals surface area (Å²) in [6.45, 7) is 8.29. The molecule has 21 heavy (non-hydrogen) atoms. The molecule has 2 atom stereocenters. The summed E-state index contributed by atoms with van der Waals surface area (Å²) in [5.74, 6) is -2.05. The van der Waals surface area contributed by atoms with Gasteiger partial charge in [0.25, 0.3) is 5.60 Å². The largest absolute Gasteiger partial charge is 0.426 e. The molecule has 0 fully saturated rings. The highest BCUT2D eigenvalue weighted by Gasteiger charge is 2.72. The smallest absolute Gasteiger partial charge is 0.373 e. The van der Waals surface area contributed by atoms with Gasteiger partial charge in [0.2, 0.25) is 0 Å². The maximum absolute atomic E-state index is 12.6. The molecule has 0 bridgehead atoms. The second-order valence-electron chi connectivity index (χ2n) is 6.48. The third-order valence-corrected chi connectivity index (χ3v) is 3.86. The molecule has 7 heteroatoms. The van der Waals surface area contributed by atoms with Crippen LogP contribution in [0, 0.1) is 17.3 Å². The van der Waals surface area contributed by atoms with E-state index in [1.807, 2.05) is 27.7 Å². The summed E-state index contributed by atoms with van der Waals surface area (Å²) in [6, 6.07) is 0. The van der Waals surface area contributed by atoms with Crippen molar-refractivity contribution in [3.8, 4) is 0 Å². The van der Waals surface area contributed by atoms with Crippen molar-refractivity contribution in [2.75, 3.05) is 0 Å². The molecule has 0 spiro atoms. The molecule has 1 nitrogen and oxygen atoms in total. The molecule has 0 aromatic carbocycles. The number of allylic oxidation sites excluding steroid dienone is 2. The van der Waals surface area contributed by atoms with E-state index in [1.54, 1.807) is 6.08 Å². The summed E-state index contributed by atoms with van der Waals surface area (Å²) in [7, 11) is 0. The molecule has 0 aromatic rings. The van der Waals surface area contributed by atoms with Crippen LogP contribution in [-0.2, 0) is 0 Å². The molecule has 0 aromatic heterocycles. The summed E-state index contributed by atoms with van der Waals surface area (Å²) in [5, 5.41) is 9.19. The minimum atomic E-state index is -5.77. The van der Waals surface area contributed by atoms with Crippen LogP contribution in [0.4, 0.5) is 26.3 Å². The van der Waals surface area contributed by atoms with Gasteiger partial charge in [-0.05, 0) is 17.8 Å². The van der Waals surface area contributed by atoms with Gasteiger partial charge >= 0.3 is 12.4 Å². The lowest BCUT2D eigenvalue weighted by Crippen LogP contribution is -2.60. The highest BCUT2D eigenvalue weighted by Crippen LogP contribution is 2.48. The predicted octanol–water partition coefficient (Wildman–Crippen LogP) is 5.11. The zero-order chi connectivity index (χ0) is 17.3. The Morgan fingerprint density at radius 1 is 0.905 bits per heavy atom. The van der Waals surface area contributed by atoms with Crippen LogP contribution < -0.4 is 0 Å². The van der Waals surface area contributed by atoms with Crippen LogP contribution in [0.25, 0.3) is 0 Å². The first-order valence-electron chi connectivity index (χ1n) is 6.57. The van der Waals surface area contributed by atoms with E-state index >= 15 is 0 Å². The monoisotopic (exact) mass is 320 g/mol. The fraction of sp³-hybridized carbons (Fsp3) is 0.857. The van der Waals surface area contributed by atoms with Gasteiger partial charge in [-0.2, -0.15) is 26.3 Å². The number of rotatable bonds is 4. The van der Waals surface area contributed by atoms with E-state index < -0.39 is 30.3 Å². The molecule has 0 saturated heterocycles. The van der Waals surface area contributed by atoms with Gasteiger partial charge in [0.15, 0.2) is 0 Å². The third-order valence-electron chi connectivity index (χ3n) is 3.86. The lowest BCUT2D eigenvalue weighted by Gasteiger charge is -2.36. The van der Waals surface area contributed by atoms with Crippen molar-refractivity contribution in [2.45, 2.75) is 59.0 Å². The van der Waals surface area contributed by atoms with Crippen LogP contribution in [-0.4, -0.2) is 23.1 Å². The van der Waals surface area contributed by atoms with Gasteiger partial charge in [-0.1, -0.05) is 46.8 Å². The van der Waals surface area contributed by atoms with Crippen molar-refractivity contribution < 1.29 is 31.4 Å². The second kappa shape index (κ2) is 6.18. The zero-order valence-electron chi connectivity index (χ0n) is 12.7. The minimum absolute atomic E-state index is 0.0189. The summed E-state index contributed by atoms with van der Waals surface area (Å²) in [6.07, 6.45) is -9.22. The van der Waals surface area contributed by atoms with Gasteiger partial charge in [-0.3, -0.25) is 0 Å². The zero-order valence-corrected chi connectivity index (χ0v) is 12.7. The van der Waals surface area contributed by atoms with Gasteiger partial charge < -0.3 is 5.11 Å². The Morgan fingerprint density at radius 2 is 1.29 bits per heavy atom. The van der Waals surface area contributed by atoms with Gasteiger partial charge in [-0.25, -0.2) is 0 Å². The number of aliphatic hydroxyl groups is 1. The molecule has 0 heterocycles. The van der Waals surface area contributed by atoms with Gasteiger partial charge in [-0.15, -0.1) is 0 Å². The minimum Gasteiger partial charge on any atom is -0.373 e. The molecule has 0 amide bonds. The fourth-order valence-corrected chi connectivity index (χ4v) is 1.67. The highest BCUT2D eigenvalue weighted by atomic mass is 19.4. The van der Waals surface area contributed by atoms with Crippen LogP contribution in [0.2, 0.25) is 0 Å². The van der Waals surface area contributed by atoms with Gasteiger partial charge in [0.05, 0.1) is 0 Å². The SMILES string of the molecule is CC(/C=C/C[C@H](C)C(O)(C(F)(F)F)C(F)(F)F)C(C)(C)C. The molecule has 1 unspecified atom stereocenters. The number of hydrogen-bond donors (Lipinski definition) is 1. The Labute approximate surface area is 121 Å². The van der Waals surface area contributed by atoms with E-state index in [4.69, 9.17) is 0 Å². The summed E-state index contributed by atoms with van der Waals surface area (Å²) >= 11 is 0. The normalized spacial score (nSPS) is 18.1. The highest BCUT2D eigenvalue weighted by molar-refractivity contribution is 5.01. The fourth-order valence-electron chi connectivity index (χ4n) is 1.67. The molecule has 0 aliphatic carbocycles. The molecule has 0 aliphatic rings. The van der Waals surface area contributed by atoms with Crippen molar-refractivity contribution in [2.24, 2.45) is 17.3 Å². The molecule has 1 N–H and O–H groups in total. The summed E-state index contributed by atoms with van der Waals surface area (Å²) in [5.41, 5.74) is -4.85. The van der Waals surface area contributed by atoms with Crippen LogP contribution in [0.1, 0.15) is 41.0 Å². The molecular formula is C14H22F6O. The Kier molecular flexibility index (Phi) is 5.97. The maximum atomic E-state index is 12.6. The predicted molar refractivity (Wildman–Crippen MR) is 68.6 cm³/mol. The molecule has 0 aliphatic heterocycles. The van der Waals surface area contributed by atoms with E-state index in [9.17, 15) is 31.4 Å². The summed E-state index contributed by atoms with van der Waals surface area (Å²) in [4.78, 5) is 0. The number of halogens is 6. The van der Waals surface area contributed by atoms with Crippen molar-refractivity contribution in [3.05, 3.63) is 12.2 Å². The van der Waals surface area contributed by atoms with Crippen molar-refractivity contribution in [1.82, 2.24) is 0 Å². The Balaban J connectivity index is 5.14. The Hall–Kier alpha value is -0.720. The lowest BCUT2D eigenvalue weighted by atomic mass is 9.80. The maximum Gasteiger partial charge on any atom is 0.426 e. The molecule has 126 valence electrons. The van der Waals surface area contributed by atoms with Crippen LogP contribution in [0.5, 0.6) is 0 Å². The first kappa shape index (κ1) is 20.3. The average molecular weight is 320 g/mol. The standard InChI is InChI=1S/C14H22F6O/c1-9(11(3,4)5)7-6-8-10(2)12(21,13(15,16)17)14(18,19)20/h6-7,9-10,21H,8H2,1-5H3/b7-6+/t9?,10-/m0/s1. The first-order valence-corrected chi connectivity index (χ1v) is 6.57. The number of hydrogen-bond acceptors (Lipinski definition) is 1. The average Bonchev–Trinajstić information content (AvgIpc) is 2.22. The topological polar surface area (TPSA) is 20.2 Å². The Morgan fingerprint density at radius 3 is 1.57 bits per heavy atom. The van der Waals surface area contributed by atoms with E-state index in [1.165, 1.54) is 6.08 Å². The van der Waals surface area contributed by atoms with Crippen LogP contribution in [0.15, 0.2) is 12.2 Å². The molecular weight excluding hydrogens is 298 g/mol. The third kappa shape index (κ3) is 4.63. The summed E-state index contributed by atoms with van der Waals surface area (Å²) < 4.78 is 75.8.